The van der Waals surface area contributed by atoms with Crippen molar-refractivity contribution in [1.82, 2.24) is 0 Å². The van der Waals surface area contributed by atoms with Crippen LogP contribution in [-0.2, 0) is 4.79 Å². The number of hydrogen-bond acceptors (Lipinski definition) is 1. The molecule has 0 spiro atoms. The first-order valence-corrected chi connectivity index (χ1v) is 5.85. The lowest BCUT2D eigenvalue weighted by Crippen LogP contribution is -2.16. The summed E-state index contributed by atoms with van der Waals surface area (Å²) in [6.07, 6.45) is 0.993. The molecular weight excluding hydrogens is 254 g/mol. The Hall–Kier alpha value is -0.830. The van der Waals surface area contributed by atoms with Gasteiger partial charge in [0.15, 0.2) is 0 Å². The summed E-state index contributed by atoms with van der Waals surface area (Å²) in [7, 11) is 0. The Morgan fingerprint density at radius 1 is 1.53 bits per heavy atom. The normalized spacial score (nSPS) is 22.2. The quantitative estimate of drug-likeness (QED) is 0.874. The van der Waals surface area contributed by atoms with Crippen molar-refractivity contribution in [3.63, 3.8) is 0 Å². The molecule has 0 saturated heterocycles. The summed E-state index contributed by atoms with van der Waals surface area (Å²) in [5.41, 5.74) is 1.05. The Labute approximate surface area is 98.2 Å². The second-order valence-electron chi connectivity index (χ2n) is 4.74. The van der Waals surface area contributed by atoms with E-state index in [1.807, 2.05) is 24.3 Å². The highest BCUT2D eigenvalue weighted by Gasteiger charge is 2.50. The minimum Gasteiger partial charge on any atom is -0.326 e. The summed E-state index contributed by atoms with van der Waals surface area (Å²) in [5, 5.41) is 2.93. The molecule has 1 atom stereocenters. The molecule has 1 aliphatic carbocycles. The predicted molar refractivity (Wildman–Crippen MR) is 64.7 cm³/mol. The van der Waals surface area contributed by atoms with Crippen molar-refractivity contribution < 1.29 is 4.79 Å². The van der Waals surface area contributed by atoms with Crippen LogP contribution in [0.15, 0.2) is 28.7 Å². The minimum atomic E-state index is 0.137. The van der Waals surface area contributed by atoms with Crippen molar-refractivity contribution >= 4 is 27.5 Å². The lowest BCUT2D eigenvalue weighted by Gasteiger charge is -2.06. The highest BCUT2D eigenvalue weighted by Crippen LogP contribution is 2.51. The molecule has 15 heavy (non-hydrogen) atoms. The first-order chi connectivity index (χ1) is 6.99. The lowest BCUT2D eigenvalue weighted by atomic mass is 10.1. The molecule has 1 unspecified atom stereocenters. The van der Waals surface area contributed by atoms with Gasteiger partial charge in [0.05, 0.1) is 0 Å². The number of hydrogen-bond donors (Lipinski definition) is 1. The third-order valence-corrected chi connectivity index (χ3v) is 3.42. The van der Waals surface area contributed by atoms with E-state index in [-0.39, 0.29) is 17.2 Å². The molecule has 1 saturated carbocycles. The molecule has 0 radical (unpaired) electrons. The number of amides is 1. The average Bonchev–Trinajstić information content (AvgIpc) is 2.75. The molecule has 2 nitrogen and oxygen atoms in total. The number of carbonyl (C=O) groups is 1. The fourth-order valence-corrected chi connectivity index (χ4v) is 2.11. The molecule has 1 fully saturated rings. The van der Waals surface area contributed by atoms with Gasteiger partial charge in [0.1, 0.15) is 0 Å². The smallest absolute Gasteiger partial charge is 0.228 e. The SMILES string of the molecule is CC1(C)CC1C(=O)Nc1cccc(Br)c1. The Morgan fingerprint density at radius 2 is 2.20 bits per heavy atom. The van der Waals surface area contributed by atoms with Crippen molar-refractivity contribution in [2.45, 2.75) is 20.3 Å². The van der Waals surface area contributed by atoms with Gasteiger partial charge in [-0.2, -0.15) is 0 Å². The second-order valence-corrected chi connectivity index (χ2v) is 5.66. The van der Waals surface area contributed by atoms with Gasteiger partial charge in [0, 0.05) is 16.1 Å². The molecule has 1 aromatic carbocycles. The molecule has 0 aromatic heterocycles. The van der Waals surface area contributed by atoms with Gasteiger partial charge in [-0.25, -0.2) is 0 Å². The number of anilines is 1. The Balaban J connectivity index is 2.01. The fourth-order valence-electron chi connectivity index (χ4n) is 1.71. The number of carbonyl (C=O) groups excluding carboxylic acids is 1. The molecule has 1 aromatic rings. The van der Waals surface area contributed by atoms with Gasteiger partial charge in [0.2, 0.25) is 5.91 Å². The van der Waals surface area contributed by atoms with Crippen LogP contribution >= 0.6 is 15.9 Å². The van der Waals surface area contributed by atoms with E-state index in [0.717, 1.165) is 16.6 Å². The standard InChI is InChI=1S/C12H14BrNO/c1-12(2)7-10(12)11(15)14-9-5-3-4-8(13)6-9/h3-6,10H,7H2,1-2H3,(H,14,15). The monoisotopic (exact) mass is 267 g/mol. The first-order valence-electron chi connectivity index (χ1n) is 5.05. The van der Waals surface area contributed by atoms with Crippen LogP contribution in [0.5, 0.6) is 0 Å². The van der Waals surface area contributed by atoms with Gasteiger partial charge in [-0.05, 0) is 30.0 Å². The van der Waals surface area contributed by atoms with E-state index in [2.05, 4.69) is 35.1 Å². The molecular formula is C12H14BrNO. The predicted octanol–water partition coefficient (Wildman–Crippen LogP) is 3.43. The van der Waals surface area contributed by atoms with Crippen molar-refractivity contribution in [3.05, 3.63) is 28.7 Å². The molecule has 0 aliphatic heterocycles. The van der Waals surface area contributed by atoms with Crippen LogP contribution in [0.2, 0.25) is 0 Å². The summed E-state index contributed by atoms with van der Waals surface area (Å²) in [4.78, 5) is 11.8. The van der Waals surface area contributed by atoms with Crippen molar-refractivity contribution in [2.75, 3.05) is 5.32 Å². The van der Waals surface area contributed by atoms with Crippen LogP contribution in [0.1, 0.15) is 20.3 Å². The van der Waals surface area contributed by atoms with Gasteiger partial charge >= 0.3 is 0 Å². The van der Waals surface area contributed by atoms with E-state index >= 15 is 0 Å². The van der Waals surface area contributed by atoms with Gasteiger partial charge in [0.25, 0.3) is 0 Å². The van der Waals surface area contributed by atoms with Crippen LogP contribution in [0.3, 0.4) is 0 Å². The van der Waals surface area contributed by atoms with E-state index in [1.54, 1.807) is 0 Å². The summed E-state index contributed by atoms with van der Waals surface area (Å²) in [6, 6.07) is 7.67. The highest BCUT2D eigenvalue weighted by atomic mass is 79.9. The summed E-state index contributed by atoms with van der Waals surface area (Å²) in [6.45, 7) is 4.25. The van der Waals surface area contributed by atoms with Gasteiger partial charge in [-0.1, -0.05) is 35.8 Å². The van der Waals surface area contributed by atoms with E-state index in [0.29, 0.717) is 0 Å². The summed E-state index contributed by atoms with van der Waals surface area (Å²) < 4.78 is 0.982. The zero-order chi connectivity index (χ0) is 11.1. The Bertz CT molecular complexity index is 400. The van der Waals surface area contributed by atoms with Gasteiger partial charge < -0.3 is 5.32 Å². The van der Waals surface area contributed by atoms with Crippen LogP contribution in [-0.4, -0.2) is 5.91 Å². The van der Waals surface area contributed by atoms with Crippen LogP contribution in [0, 0.1) is 11.3 Å². The fraction of sp³-hybridized carbons (Fsp3) is 0.417. The Morgan fingerprint density at radius 3 is 2.73 bits per heavy atom. The van der Waals surface area contributed by atoms with Crippen molar-refractivity contribution in [2.24, 2.45) is 11.3 Å². The summed E-state index contributed by atoms with van der Waals surface area (Å²) >= 11 is 3.38. The number of rotatable bonds is 2. The van der Waals surface area contributed by atoms with E-state index < -0.39 is 0 Å². The van der Waals surface area contributed by atoms with Crippen LogP contribution in [0.25, 0.3) is 0 Å². The van der Waals surface area contributed by atoms with Gasteiger partial charge in [-0.15, -0.1) is 0 Å². The molecule has 3 heteroatoms. The average molecular weight is 268 g/mol. The third-order valence-electron chi connectivity index (χ3n) is 2.92. The lowest BCUT2D eigenvalue weighted by molar-refractivity contribution is -0.117. The second kappa shape index (κ2) is 3.63. The van der Waals surface area contributed by atoms with Gasteiger partial charge in [-0.3, -0.25) is 4.79 Å². The number of nitrogens with one attached hydrogen (secondary N) is 1. The zero-order valence-corrected chi connectivity index (χ0v) is 10.5. The molecule has 1 aliphatic rings. The maximum Gasteiger partial charge on any atom is 0.228 e. The Kier molecular flexibility index (Phi) is 2.59. The largest absolute Gasteiger partial charge is 0.326 e. The molecule has 0 bridgehead atoms. The first kappa shape index (κ1) is 10.7. The topological polar surface area (TPSA) is 29.1 Å². The molecule has 1 N–H and O–H groups in total. The minimum absolute atomic E-state index is 0.137. The maximum atomic E-state index is 11.8. The molecule has 1 amide bonds. The van der Waals surface area contributed by atoms with Crippen LogP contribution in [0.4, 0.5) is 5.69 Å². The van der Waals surface area contributed by atoms with E-state index in [4.69, 9.17) is 0 Å². The van der Waals surface area contributed by atoms with E-state index in [9.17, 15) is 4.79 Å². The van der Waals surface area contributed by atoms with Crippen LogP contribution < -0.4 is 5.32 Å². The molecule has 80 valence electrons. The number of benzene rings is 1. The molecule has 0 heterocycles. The zero-order valence-electron chi connectivity index (χ0n) is 8.88. The number of halogens is 1. The van der Waals surface area contributed by atoms with Crippen molar-refractivity contribution in [1.29, 1.82) is 0 Å². The summed E-state index contributed by atoms with van der Waals surface area (Å²) in [5.74, 6) is 0.314. The van der Waals surface area contributed by atoms with E-state index in [1.165, 1.54) is 0 Å². The van der Waals surface area contributed by atoms with Crippen molar-refractivity contribution in [3.8, 4) is 0 Å². The molecule has 2 rings (SSSR count). The maximum absolute atomic E-state index is 11.8. The third kappa shape index (κ3) is 2.40. The highest BCUT2D eigenvalue weighted by molar-refractivity contribution is 9.10.